The van der Waals surface area contributed by atoms with Crippen molar-refractivity contribution in [2.24, 2.45) is 0 Å². The van der Waals surface area contributed by atoms with Gasteiger partial charge >= 0.3 is 0 Å². The van der Waals surface area contributed by atoms with Gasteiger partial charge in [0.1, 0.15) is 11.6 Å². The smallest absolute Gasteiger partial charge is 0.269 e. The summed E-state index contributed by atoms with van der Waals surface area (Å²) in [6, 6.07) is 15.7. The first kappa shape index (κ1) is 22.1. The van der Waals surface area contributed by atoms with Crippen LogP contribution in [0.25, 0.3) is 0 Å². The van der Waals surface area contributed by atoms with Gasteiger partial charge < -0.3 is 9.80 Å². The monoisotopic (exact) mass is 457 g/mol. The van der Waals surface area contributed by atoms with Gasteiger partial charge in [-0.2, -0.15) is 5.26 Å². The highest BCUT2D eigenvalue weighted by Crippen LogP contribution is 2.47. The van der Waals surface area contributed by atoms with E-state index < -0.39 is 4.92 Å². The van der Waals surface area contributed by atoms with E-state index in [1.807, 2.05) is 18.2 Å². The standard InChI is InChI=1S/C26H27N5O3/c27-18-19-17-24-25(30(26(19)32)20-9-11-21(12-10-20)31(33)34)22-7-1-2-8-23(22)29(24)16-6-5-15-28-13-3-4-14-28/h1-2,7-12,17,24-25H,3-6,13-16H2. The number of carbonyl (C=O) groups excluding carboxylic acids is 1. The first-order valence-corrected chi connectivity index (χ1v) is 11.9. The van der Waals surface area contributed by atoms with Crippen molar-refractivity contribution in [2.75, 3.05) is 36.0 Å². The van der Waals surface area contributed by atoms with Crippen molar-refractivity contribution in [1.29, 1.82) is 5.26 Å². The fraction of sp³-hybridized carbons (Fsp3) is 0.385. The van der Waals surface area contributed by atoms with Gasteiger partial charge in [-0.3, -0.25) is 19.8 Å². The molecule has 1 fully saturated rings. The first-order valence-electron chi connectivity index (χ1n) is 11.9. The van der Waals surface area contributed by atoms with E-state index in [1.54, 1.807) is 23.1 Å². The number of nitriles is 1. The molecule has 0 aliphatic carbocycles. The third-order valence-corrected chi connectivity index (χ3v) is 7.09. The lowest BCUT2D eigenvalue weighted by molar-refractivity contribution is -0.384. The SMILES string of the molecule is N#CC1=CC2C(c3ccccc3N2CCCCN2CCCC2)N(c2ccc([N+](=O)[O-])cc2)C1=O. The predicted molar refractivity (Wildman–Crippen MR) is 130 cm³/mol. The van der Waals surface area contributed by atoms with Crippen LogP contribution in [0.3, 0.4) is 0 Å². The fourth-order valence-corrected chi connectivity index (χ4v) is 5.48. The number of benzene rings is 2. The third-order valence-electron chi connectivity index (χ3n) is 7.09. The van der Waals surface area contributed by atoms with Crippen LogP contribution in [0.1, 0.15) is 37.3 Å². The van der Waals surface area contributed by atoms with Crippen molar-refractivity contribution >= 4 is 23.0 Å². The number of hydrogen-bond donors (Lipinski definition) is 0. The summed E-state index contributed by atoms with van der Waals surface area (Å²) >= 11 is 0. The molecule has 3 aliphatic heterocycles. The lowest BCUT2D eigenvalue weighted by Gasteiger charge is -2.38. The number of hydrogen-bond acceptors (Lipinski definition) is 6. The molecule has 2 aromatic carbocycles. The van der Waals surface area contributed by atoms with Crippen LogP contribution < -0.4 is 9.80 Å². The molecule has 2 aromatic rings. The van der Waals surface area contributed by atoms with Gasteiger partial charge in [-0.15, -0.1) is 0 Å². The van der Waals surface area contributed by atoms with Crippen molar-refractivity contribution in [1.82, 2.24) is 4.90 Å². The highest BCUT2D eigenvalue weighted by molar-refractivity contribution is 6.10. The molecule has 3 aliphatic rings. The summed E-state index contributed by atoms with van der Waals surface area (Å²) in [6.45, 7) is 4.33. The maximum absolute atomic E-state index is 13.3. The topological polar surface area (TPSA) is 93.7 Å². The second kappa shape index (κ2) is 9.27. The lowest BCUT2D eigenvalue weighted by atomic mass is 9.93. The van der Waals surface area contributed by atoms with Crippen LogP contribution in [0, 0.1) is 21.4 Å². The van der Waals surface area contributed by atoms with Crippen LogP contribution in [0.5, 0.6) is 0 Å². The molecule has 2 atom stereocenters. The molecule has 2 unspecified atom stereocenters. The molecule has 5 rings (SSSR count). The largest absolute Gasteiger partial charge is 0.362 e. The molecule has 0 saturated carbocycles. The molecule has 8 nitrogen and oxygen atoms in total. The van der Waals surface area contributed by atoms with Crippen LogP contribution in [0.4, 0.5) is 17.1 Å². The molecule has 0 spiro atoms. The second-order valence-corrected chi connectivity index (χ2v) is 9.08. The number of carbonyl (C=O) groups is 1. The molecule has 1 saturated heterocycles. The Kier molecular flexibility index (Phi) is 6.03. The Balaban J connectivity index is 1.45. The summed E-state index contributed by atoms with van der Waals surface area (Å²) in [6.07, 6.45) is 6.51. The predicted octanol–water partition coefficient (Wildman–Crippen LogP) is 4.20. The van der Waals surface area contributed by atoms with Gasteiger partial charge in [-0.05, 0) is 69.6 Å². The minimum absolute atomic E-state index is 0.0349. The highest BCUT2D eigenvalue weighted by Gasteiger charge is 2.46. The van der Waals surface area contributed by atoms with Crippen LogP contribution in [0.15, 0.2) is 60.2 Å². The summed E-state index contributed by atoms with van der Waals surface area (Å²) < 4.78 is 0. The molecule has 0 N–H and O–H groups in total. The molecule has 3 heterocycles. The Morgan fingerprint density at radius 1 is 1.03 bits per heavy atom. The van der Waals surface area contributed by atoms with E-state index in [1.165, 1.54) is 38.1 Å². The second-order valence-electron chi connectivity index (χ2n) is 9.08. The molecule has 0 radical (unpaired) electrons. The van der Waals surface area contributed by atoms with Crippen molar-refractivity contribution in [2.45, 2.75) is 37.8 Å². The van der Waals surface area contributed by atoms with Gasteiger partial charge in [-0.1, -0.05) is 18.2 Å². The zero-order chi connectivity index (χ0) is 23.7. The number of unbranched alkanes of at least 4 members (excludes halogenated alkanes) is 1. The summed E-state index contributed by atoms with van der Waals surface area (Å²) in [5.74, 6) is -0.372. The van der Waals surface area contributed by atoms with E-state index in [0.717, 1.165) is 37.2 Å². The summed E-state index contributed by atoms with van der Waals surface area (Å²) in [5, 5.41) is 20.8. The number of nitro groups is 1. The van der Waals surface area contributed by atoms with Gasteiger partial charge in [0, 0.05) is 35.6 Å². The van der Waals surface area contributed by atoms with E-state index in [0.29, 0.717) is 5.69 Å². The molecule has 0 bridgehead atoms. The number of fused-ring (bicyclic) bond motifs is 3. The van der Waals surface area contributed by atoms with Crippen LogP contribution >= 0.6 is 0 Å². The Labute approximate surface area is 198 Å². The molecule has 1 amide bonds. The van der Waals surface area contributed by atoms with E-state index in [4.69, 9.17) is 0 Å². The average molecular weight is 458 g/mol. The Morgan fingerprint density at radius 2 is 1.74 bits per heavy atom. The quantitative estimate of drug-likeness (QED) is 0.351. The van der Waals surface area contributed by atoms with Crippen LogP contribution in [-0.2, 0) is 4.79 Å². The Morgan fingerprint density at radius 3 is 2.44 bits per heavy atom. The summed E-state index contributed by atoms with van der Waals surface area (Å²) in [7, 11) is 0. The van der Waals surface area contributed by atoms with Gasteiger partial charge in [-0.25, -0.2) is 0 Å². The third kappa shape index (κ3) is 3.93. The molecule has 34 heavy (non-hydrogen) atoms. The zero-order valence-electron chi connectivity index (χ0n) is 19.0. The lowest BCUT2D eigenvalue weighted by Crippen LogP contribution is -2.48. The Bertz CT molecular complexity index is 1160. The number of para-hydroxylation sites is 1. The number of anilines is 2. The maximum Gasteiger partial charge on any atom is 0.269 e. The highest BCUT2D eigenvalue weighted by atomic mass is 16.6. The minimum atomic E-state index is -0.458. The normalized spacial score (nSPS) is 21.7. The van der Waals surface area contributed by atoms with E-state index in [9.17, 15) is 20.2 Å². The minimum Gasteiger partial charge on any atom is -0.362 e. The number of rotatable bonds is 7. The fourth-order valence-electron chi connectivity index (χ4n) is 5.48. The van der Waals surface area contributed by atoms with Gasteiger partial charge in [0.2, 0.25) is 0 Å². The average Bonchev–Trinajstić information content (AvgIpc) is 3.48. The molecular formula is C26H27N5O3. The van der Waals surface area contributed by atoms with Crippen LogP contribution in [0.2, 0.25) is 0 Å². The molecular weight excluding hydrogens is 430 g/mol. The van der Waals surface area contributed by atoms with Crippen molar-refractivity contribution < 1.29 is 9.72 Å². The van der Waals surface area contributed by atoms with E-state index >= 15 is 0 Å². The molecule has 8 heteroatoms. The van der Waals surface area contributed by atoms with Gasteiger partial charge in [0.05, 0.1) is 17.0 Å². The molecule has 174 valence electrons. The first-order chi connectivity index (χ1) is 16.6. The van der Waals surface area contributed by atoms with Crippen molar-refractivity contribution in [3.63, 3.8) is 0 Å². The van der Waals surface area contributed by atoms with Gasteiger partial charge in [0.25, 0.3) is 11.6 Å². The summed E-state index contributed by atoms with van der Waals surface area (Å²) in [4.78, 5) is 30.4. The zero-order valence-corrected chi connectivity index (χ0v) is 19.0. The Hall–Kier alpha value is -3.70. The molecule has 0 aromatic heterocycles. The maximum atomic E-state index is 13.3. The van der Waals surface area contributed by atoms with Crippen molar-refractivity contribution in [3.8, 4) is 6.07 Å². The number of nitrogens with zero attached hydrogens (tertiary/aromatic N) is 5. The number of likely N-dealkylation sites (tertiary alicyclic amines) is 1. The van der Waals surface area contributed by atoms with Crippen LogP contribution in [-0.4, -0.2) is 48.0 Å². The summed E-state index contributed by atoms with van der Waals surface area (Å²) in [5.41, 5.74) is 2.74. The number of amides is 1. The van der Waals surface area contributed by atoms with Gasteiger partial charge in [0.15, 0.2) is 0 Å². The van der Waals surface area contributed by atoms with Crippen molar-refractivity contribution in [3.05, 3.63) is 75.9 Å². The number of non-ortho nitro benzene ring substituents is 1. The number of nitro benzene ring substituents is 1. The van der Waals surface area contributed by atoms with E-state index in [-0.39, 0.29) is 29.3 Å². The van der Waals surface area contributed by atoms with E-state index in [2.05, 4.69) is 21.9 Å².